The topological polar surface area (TPSA) is 0 Å². The van der Waals surface area contributed by atoms with Crippen LogP contribution in [0.25, 0.3) is 0 Å². The van der Waals surface area contributed by atoms with Gasteiger partial charge in [0.2, 0.25) is 0 Å². The Balaban J connectivity index is 1.69. The molecule has 0 aliphatic heterocycles. The molecule has 0 aromatic heterocycles. The highest BCUT2D eigenvalue weighted by Gasteiger charge is 1.95. The molecule has 0 heterocycles. The van der Waals surface area contributed by atoms with Crippen molar-refractivity contribution < 1.29 is 0 Å². The lowest BCUT2D eigenvalue weighted by Crippen LogP contribution is -1.86. The smallest absolute Gasteiger partial charge is 0.0279 e. The van der Waals surface area contributed by atoms with Crippen LogP contribution in [-0.2, 0) is 6.42 Å². The van der Waals surface area contributed by atoms with E-state index < -0.39 is 0 Å². The van der Waals surface area contributed by atoms with Crippen molar-refractivity contribution in [3.05, 3.63) is 35.9 Å². The van der Waals surface area contributed by atoms with Crippen molar-refractivity contribution >= 4 is 9.24 Å². The van der Waals surface area contributed by atoms with Crippen molar-refractivity contribution in [1.29, 1.82) is 0 Å². The summed E-state index contributed by atoms with van der Waals surface area (Å²) in [6, 6.07) is 10.9. The van der Waals surface area contributed by atoms with Gasteiger partial charge >= 0.3 is 0 Å². The van der Waals surface area contributed by atoms with Crippen molar-refractivity contribution in [2.24, 2.45) is 0 Å². The van der Waals surface area contributed by atoms with E-state index in [4.69, 9.17) is 0 Å². The van der Waals surface area contributed by atoms with Gasteiger partial charge in [0.1, 0.15) is 0 Å². The third-order valence-corrected chi connectivity index (χ3v) is 5.67. The zero-order valence-electron chi connectivity index (χ0n) is 16.7. The normalized spacial score (nSPS) is 11.1. The average molecular weight is 363 g/mol. The summed E-state index contributed by atoms with van der Waals surface area (Å²) in [5.74, 6) is 0. The van der Waals surface area contributed by atoms with Crippen molar-refractivity contribution in [2.45, 2.75) is 109 Å². The van der Waals surface area contributed by atoms with E-state index in [1.807, 2.05) is 0 Å². The first-order valence-electron chi connectivity index (χ1n) is 11.2. The van der Waals surface area contributed by atoms with Crippen molar-refractivity contribution in [3.63, 3.8) is 0 Å². The molecule has 1 aromatic rings. The first-order chi connectivity index (χ1) is 12.4. The maximum atomic E-state index is 2.83. The SMILES string of the molecule is PCCCCCCCCCCCCCCCCCCc1ccccc1. The van der Waals surface area contributed by atoms with Gasteiger partial charge in [-0.3, -0.25) is 0 Å². The molecule has 0 radical (unpaired) electrons. The predicted octanol–water partition coefficient (Wildman–Crippen LogP) is 8.35. The highest BCUT2D eigenvalue weighted by atomic mass is 31.0. The van der Waals surface area contributed by atoms with E-state index in [2.05, 4.69) is 39.6 Å². The Kier molecular flexibility index (Phi) is 16.7. The van der Waals surface area contributed by atoms with Crippen molar-refractivity contribution in [2.75, 3.05) is 6.16 Å². The molecular formula is C24H43P. The van der Waals surface area contributed by atoms with Gasteiger partial charge in [-0.25, -0.2) is 0 Å². The largest absolute Gasteiger partial charge is 0.138 e. The van der Waals surface area contributed by atoms with Crippen molar-refractivity contribution in [3.8, 4) is 0 Å². The molecule has 25 heavy (non-hydrogen) atoms. The van der Waals surface area contributed by atoms with Gasteiger partial charge in [-0.2, -0.15) is 0 Å². The van der Waals surface area contributed by atoms with Crippen LogP contribution in [0.1, 0.15) is 108 Å². The Labute approximate surface area is 160 Å². The third-order valence-electron chi connectivity index (χ3n) is 5.26. The van der Waals surface area contributed by atoms with Crippen LogP contribution in [0.5, 0.6) is 0 Å². The fraction of sp³-hybridized carbons (Fsp3) is 0.750. The van der Waals surface area contributed by atoms with Crippen LogP contribution in [0.3, 0.4) is 0 Å². The zero-order valence-corrected chi connectivity index (χ0v) is 17.8. The van der Waals surface area contributed by atoms with Crippen LogP contribution >= 0.6 is 9.24 Å². The molecule has 0 saturated heterocycles. The molecule has 1 unspecified atom stereocenters. The summed E-state index contributed by atoms with van der Waals surface area (Å²) in [7, 11) is 2.83. The van der Waals surface area contributed by atoms with Gasteiger partial charge in [0.15, 0.2) is 0 Å². The van der Waals surface area contributed by atoms with Gasteiger partial charge in [0, 0.05) is 0 Å². The number of aryl methyl sites for hydroxylation is 1. The molecule has 0 fully saturated rings. The highest BCUT2D eigenvalue weighted by molar-refractivity contribution is 7.16. The summed E-state index contributed by atoms with van der Waals surface area (Å²) in [4.78, 5) is 0. The number of unbranched alkanes of at least 4 members (excludes halogenated alkanes) is 15. The minimum atomic E-state index is 1.26. The Morgan fingerprint density at radius 2 is 0.800 bits per heavy atom. The van der Waals surface area contributed by atoms with Gasteiger partial charge in [-0.05, 0) is 31.0 Å². The van der Waals surface area contributed by atoms with Gasteiger partial charge in [-0.1, -0.05) is 120 Å². The molecule has 144 valence electrons. The molecule has 1 rings (SSSR count). The highest BCUT2D eigenvalue weighted by Crippen LogP contribution is 2.14. The van der Waals surface area contributed by atoms with E-state index in [9.17, 15) is 0 Å². The lowest BCUT2D eigenvalue weighted by molar-refractivity contribution is 0.530. The van der Waals surface area contributed by atoms with E-state index in [-0.39, 0.29) is 0 Å². The first-order valence-corrected chi connectivity index (χ1v) is 12.0. The molecule has 1 heteroatoms. The van der Waals surface area contributed by atoms with Crippen LogP contribution in [0.15, 0.2) is 30.3 Å². The molecule has 1 atom stereocenters. The van der Waals surface area contributed by atoms with Crippen LogP contribution in [0.2, 0.25) is 0 Å². The van der Waals surface area contributed by atoms with E-state index in [1.165, 1.54) is 121 Å². The van der Waals surface area contributed by atoms with E-state index in [0.717, 1.165) is 0 Å². The number of hydrogen-bond donors (Lipinski definition) is 0. The monoisotopic (exact) mass is 362 g/mol. The van der Waals surface area contributed by atoms with Crippen LogP contribution in [0, 0.1) is 0 Å². The maximum absolute atomic E-state index is 2.83. The molecule has 0 bridgehead atoms. The van der Waals surface area contributed by atoms with Crippen LogP contribution in [0.4, 0.5) is 0 Å². The molecular weight excluding hydrogens is 319 g/mol. The van der Waals surface area contributed by atoms with E-state index in [1.54, 1.807) is 0 Å². The molecule has 0 amide bonds. The maximum Gasteiger partial charge on any atom is -0.0279 e. The zero-order chi connectivity index (χ0) is 17.8. The second kappa shape index (κ2) is 18.4. The summed E-state index contributed by atoms with van der Waals surface area (Å²) < 4.78 is 0. The van der Waals surface area contributed by atoms with Gasteiger partial charge in [-0.15, -0.1) is 9.24 Å². The van der Waals surface area contributed by atoms with Gasteiger partial charge in [0.05, 0.1) is 0 Å². The molecule has 0 N–H and O–H groups in total. The number of rotatable bonds is 18. The Hall–Kier alpha value is -0.350. The fourth-order valence-electron chi connectivity index (χ4n) is 3.59. The van der Waals surface area contributed by atoms with Crippen LogP contribution in [-0.4, -0.2) is 6.16 Å². The first kappa shape index (κ1) is 22.7. The summed E-state index contributed by atoms with van der Waals surface area (Å²) in [5.41, 5.74) is 1.50. The second-order valence-corrected chi connectivity index (χ2v) is 8.26. The Morgan fingerprint density at radius 1 is 0.440 bits per heavy atom. The standard InChI is InChI=1S/C24H43P/c25-23-19-14-12-10-8-6-4-2-1-3-5-7-9-11-13-16-20-24-21-17-15-18-22-24/h15,17-18,21-22H,1-14,16,19-20,23,25H2. The molecule has 0 aliphatic carbocycles. The van der Waals surface area contributed by atoms with E-state index in [0.29, 0.717) is 0 Å². The molecule has 0 saturated carbocycles. The minimum absolute atomic E-state index is 1.26. The summed E-state index contributed by atoms with van der Waals surface area (Å²) in [6.07, 6.45) is 25.7. The third kappa shape index (κ3) is 15.6. The lowest BCUT2D eigenvalue weighted by Gasteiger charge is -2.04. The lowest BCUT2D eigenvalue weighted by atomic mass is 10.0. The summed E-state index contributed by atoms with van der Waals surface area (Å²) in [6.45, 7) is 0. The summed E-state index contributed by atoms with van der Waals surface area (Å²) in [5, 5.41) is 0. The Bertz CT molecular complexity index is 360. The number of benzene rings is 1. The molecule has 1 aromatic carbocycles. The fourth-order valence-corrected chi connectivity index (χ4v) is 3.88. The quantitative estimate of drug-likeness (QED) is 0.182. The van der Waals surface area contributed by atoms with E-state index >= 15 is 0 Å². The minimum Gasteiger partial charge on any atom is -0.138 e. The van der Waals surface area contributed by atoms with Gasteiger partial charge < -0.3 is 0 Å². The molecule has 0 aliphatic rings. The average Bonchev–Trinajstić information content (AvgIpc) is 2.65. The Morgan fingerprint density at radius 3 is 1.20 bits per heavy atom. The van der Waals surface area contributed by atoms with Gasteiger partial charge in [0.25, 0.3) is 0 Å². The van der Waals surface area contributed by atoms with Crippen molar-refractivity contribution in [1.82, 2.24) is 0 Å². The molecule has 0 nitrogen and oxygen atoms in total. The summed E-state index contributed by atoms with van der Waals surface area (Å²) >= 11 is 0. The molecule has 0 spiro atoms. The van der Waals surface area contributed by atoms with Crippen LogP contribution < -0.4 is 0 Å². The predicted molar refractivity (Wildman–Crippen MR) is 119 cm³/mol. The number of hydrogen-bond acceptors (Lipinski definition) is 0. The second-order valence-electron chi connectivity index (χ2n) is 7.68.